The van der Waals surface area contributed by atoms with Crippen LogP contribution in [0.2, 0.25) is 0 Å². The Bertz CT molecular complexity index is 1180. The van der Waals surface area contributed by atoms with Crippen molar-refractivity contribution in [2.24, 2.45) is 0 Å². The molecule has 1 aliphatic rings. The van der Waals surface area contributed by atoms with Crippen LogP contribution in [0, 0.1) is 0 Å². The summed E-state index contributed by atoms with van der Waals surface area (Å²) in [4.78, 5) is 25.6. The second-order valence-electron chi connectivity index (χ2n) is 7.39. The summed E-state index contributed by atoms with van der Waals surface area (Å²) < 4.78 is 2.28. The van der Waals surface area contributed by atoms with Crippen LogP contribution in [0.25, 0.3) is 10.2 Å². The smallest absolute Gasteiger partial charge is 0.257 e. The van der Waals surface area contributed by atoms with Gasteiger partial charge in [0, 0.05) is 35.7 Å². The number of fused-ring (bicyclic) bond motifs is 2. The molecule has 4 aromatic rings. The number of hydrogen-bond donors (Lipinski definition) is 1. The van der Waals surface area contributed by atoms with E-state index in [0.717, 1.165) is 47.4 Å². The van der Waals surface area contributed by atoms with Gasteiger partial charge in [-0.2, -0.15) is 0 Å². The van der Waals surface area contributed by atoms with Crippen LogP contribution in [0.15, 0.2) is 52.9 Å². The van der Waals surface area contributed by atoms with E-state index in [4.69, 9.17) is 0 Å². The SMILES string of the molecule is CCN1CCc2nc(NC(=O)c3ccc(CSc4nc5ccccc5s4)cc3)sc2C1. The number of nitrogens with one attached hydrogen (secondary N) is 1. The minimum atomic E-state index is -0.108. The van der Waals surface area contributed by atoms with E-state index in [1.54, 1.807) is 34.4 Å². The van der Waals surface area contributed by atoms with E-state index in [1.807, 2.05) is 42.5 Å². The van der Waals surface area contributed by atoms with Crippen LogP contribution >= 0.6 is 34.4 Å². The summed E-state index contributed by atoms with van der Waals surface area (Å²) in [5.74, 6) is 0.721. The highest BCUT2D eigenvalue weighted by molar-refractivity contribution is 8.00. The molecule has 5 rings (SSSR count). The van der Waals surface area contributed by atoms with Gasteiger partial charge in [-0.25, -0.2) is 9.97 Å². The van der Waals surface area contributed by atoms with Gasteiger partial charge < -0.3 is 0 Å². The molecule has 2 aromatic carbocycles. The number of rotatable bonds is 6. The summed E-state index contributed by atoms with van der Waals surface area (Å²) in [6.07, 6.45) is 0.955. The topological polar surface area (TPSA) is 58.1 Å². The Hall–Kier alpha value is -2.26. The minimum absolute atomic E-state index is 0.108. The summed E-state index contributed by atoms with van der Waals surface area (Å²) in [5.41, 5.74) is 4.00. The summed E-state index contributed by atoms with van der Waals surface area (Å²) >= 11 is 5.04. The van der Waals surface area contributed by atoms with Gasteiger partial charge in [0.2, 0.25) is 0 Å². The van der Waals surface area contributed by atoms with Crippen molar-refractivity contribution in [1.29, 1.82) is 0 Å². The van der Waals surface area contributed by atoms with Crippen LogP contribution < -0.4 is 5.32 Å². The zero-order valence-electron chi connectivity index (χ0n) is 17.1. The third-order valence-electron chi connectivity index (χ3n) is 5.33. The van der Waals surface area contributed by atoms with Gasteiger partial charge in [-0.1, -0.05) is 43.0 Å². The van der Waals surface area contributed by atoms with E-state index < -0.39 is 0 Å². The molecular weight excluding hydrogens is 444 g/mol. The Morgan fingerprint density at radius 1 is 1.13 bits per heavy atom. The molecule has 8 heteroatoms. The fraction of sp³-hybridized carbons (Fsp3) is 0.261. The zero-order chi connectivity index (χ0) is 21.2. The van der Waals surface area contributed by atoms with Gasteiger partial charge in [0.15, 0.2) is 9.47 Å². The van der Waals surface area contributed by atoms with Gasteiger partial charge in [-0.3, -0.25) is 15.0 Å². The van der Waals surface area contributed by atoms with Crippen LogP contribution in [-0.4, -0.2) is 33.9 Å². The maximum Gasteiger partial charge on any atom is 0.257 e. The Kier molecular flexibility index (Phi) is 6.04. The Labute approximate surface area is 193 Å². The Balaban J connectivity index is 1.19. The van der Waals surface area contributed by atoms with Gasteiger partial charge in [0.25, 0.3) is 5.91 Å². The molecule has 0 unspecified atom stereocenters. The van der Waals surface area contributed by atoms with Crippen molar-refractivity contribution in [3.8, 4) is 0 Å². The Morgan fingerprint density at radius 3 is 2.77 bits per heavy atom. The monoisotopic (exact) mass is 466 g/mol. The quantitative estimate of drug-likeness (QED) is 0.371. The van der Waals surface area contributed by atoms with Crippen LogP contribution in [0.1, 0.15) is 33.4 Å². The average molecular weight is 467 g/mol. The molecule has 1 aliphatic heterocycles. The molecule has 1 amide bonds. The van der Waals surface area contributed by atoms with Gasteiger partial charge in [-0.15, -0.1) is 22.7 Å². The third kappa shape index (κ3) is 4.67. The summed E-state index contributed by atoms with van der Waals surface area (Å²) in [6.45, 7) is 5.19. The Morgan fingerprint density at radius 2 is 1.97 bits per heavy atom. The van der Waals surface area contributed by atoms with Crippen molar-refractivity contribution in [3.05, 3.63) is 70.2 Å². The lowest BCUT2D eigenvalue weighted by atomic mass is 10.1. The normalized spacial score (nSPS) is 14.0. The first-order valence-electron chi connectivity index (χ1n) is 10.3. The number of hydrogen-bond acceptors (Lipinski definition) is 7. The van der Waals surface area contributed by atoms with Crippen molar-refractivity contribution >= 4 is 55.7 Å². The minimum Gasteiger partial charge on any atom is -0.298 e. The first-order valence-corrected chi connectivity index (χ1v) is 12.9. The number of anilines is 1. The van der Waals surface area contributed by atoms with Gasteiger partial charge in [0.05, 0.1) is 15.9 Å². The van der Waals surface area contributed by atoms with Gasteiger partial charge in [-0.05, 0) is 36.4 Å². The number of benzene rings is 2. The number of likely N-dealkylation sites (N-methyl/N-ethyl adjacent to an activating group) is 1. The van der Waals surface area contributed by atoms with E-state index in [0.29, 0.717) is 10.7 Å². The average Bonchev–Trinajstić information content (AvgIpc) is 3.40. The maximum atomic E-state index is 12.7. The second kappa shape index (κ2) is 9.08. The molecule has 2 aromatic heterocycles. The molecule has 0 fully saturated rings. The van der Waals surface area contributed by atoms with E-state index in [2.05, 4.69) is 33.2 Å². The first-order chi connectivity index (χ1) is 15.2. The van der Waals surface area contributed by atoms with Crippen LogP contribution in [0.5, 0.6) is 0 Å². The summed E-state index contributed by atoms with van der Waals surface area (Å²) in [5, 5.41) is 3.67. The summed E-state index contributed by atoms with van der Waals surface area (Å²) in [6, 6.07) is 16.0. The first kappa shape index (κ1) is 20.6. The number of nitrogens with zero attached hydrogens (tertiary/aromatic N) is 3. The molecular formula is C23H22N4OS3. The van der Waals surface area contributed by atoms with Crippen LogP contribution in [0.3, 0.4) is 0 Å². The van der Waals surface area contributed by atoms with Crippen LogP contribution in [-0.2, 0) is 18.7 Å². The summed E-state index contributed by atoms with van der Waals surface area (Å²) in [7, 11) is 0. The lowest BCUT2D eigenvalue weighted by Gasteiger charge is -2.23. The number of carbonyl (C=O) groups is 1. The number of aromatic nitrogens is 2. The lowest BCUT2D eigenvalue weighted by Crippen LogP contribution is -2.29. The van der Waals surface area contributed by atoms with Crippen molar-refractivity contribution in [2.45, 2.75) is 30.0 Å². The fourth-order valence-electron chi connectivity index (χ4n) is 3.55. The van der Waals surface area contributed by atoms with E-state index in [9.17, 15) is 4.79 Å². The maximum absolute atomic E-state index is 12.7. The molecule has 0 bridgehead atoms. The highest BCUT2D eigenvalue weighted by atomic mass is 32.2. The molecule has 1 N–H and O–H groups in total. The largest absolute Gasteiger partial charge is 0.298 e. The molecule has 3 heterocycles. The van der Waals surface area contributed by atoms with E-state index in [-0.39, 0.29) is 5.91 Å². The number of amides is 1. The molecule has 31 heavy (non-hydrogen) atoms. The molecule has 0 aliphatic carbocycles. The lowest BCUT2D eigenvalue weighted by molar-refractivity contribution is 0.102. The number of carbonyl (C=O) groups excluding carboxylic acids is 1. The predicted molar refractivity (Wildman–Crippen MR) is 130 cm³/mol. The standard InChI is InChI=1S/C23H22N4OS3/c1-2-27-12-11-18-20(13-27)30-22(24-18)26-21(28)16-9-7-15(8-10-16)14-29-23-25-17-5-3-4-6-19(17)31-23/h3-10H,2,11-14H2,1H3,(H,24,26,28). The number of thiazole rings is 2. The molecule has 0 saturated heterocycles. The molecule has 0 spiro atoms. The number of thioether (sulfide) groups is 1. The highest BCUT2D eigenvalue weighted by Crippen LogP contribution is 2.32. The zero-order valence-corrected chi connectivity index (χ0v) is 19.6. The number of para-hydroxylation sites is 1. The van der Waals surface area contributed by atoms with E-state index in [1.165, 1.54) is 15.1 Å². The molecule has 158 valence electrons. The van der Waals surface area contributed by atoms with Crippen molar-refractivity contribution in [1.82, 2.24) is 14.9 Å². The van der Waals surface area contributed by atoms with Gasteiger partial charge >= 0.3 is 0 Å². The molecule has 0 radical (unpaired) electrons. The van der Waals surface area contributed by atoms with E-state index >= 15 is 0 Å². The second-order valence-corrected chi connectivity index (χ2v) is 10.7. The van der Waals surface area contributed by atoms with Crippen molar-refractivity contribution in [3.63, 3.8) is 0 Å². The van der Waals surface area contributed by atoms with Crippen LogP contribution in [0.4, 0.5) is 5.13 Å². The predicted octanol–water partition coefficient (Wildman–Crippen LogP) is 5.68. The third-order valence-corrected chi connectivity index (χ3v) is 8.58. The van der Waals surface area contributed by atoms with Crippen molar-refractivity contribution in [2.75, 3.05) is 18.4 Å². The molecule has 0 atom stereocenters. The fourth-order valence-corrected chi connectivity index (χ4v) is 6.62. The molecule has 0 saturated carbocycles. The highest BCUT2D eigenvalue weighted by Gasteiger charge is 2.20. The molecule has 5 nitrogen and oxygen atoms in total. The van der Waals surface area contributed by atoms with Gasteiger partial charge in [0.1, 0.15) is 0 Å². The van der Waals surface area contributed by atoms with Crippen molar-refractivity contribution < 1.29 is 4.79 Å².